The molecule has 0 radical (unpaired) electrons. The standard InChI is InChI=1S/C16H15N3O/c1-11-4-2-3-5-15(11)13-6-12(7-17)16(18-8-13)19-9-14(20)10-19/h2-6,8,14,20H,9-10H2,1H3. The average Bonchev–Trinajstić information content (AvgIpc) is 2.44. The Bertz CT molecular complexity index is 684. The van der Waals surface area contributed by atoms with Crippen molar-refractivity contribution in [2.75, 3.05) is 18.0 Å². The zero-order valence-electron chi connectivity index (χ0n) is 11.2. The molecule has 1 N–H and O–H groups in total. The molecule has 0 atom stereocenters. The maximum Gasteiger partial charge on any atom is 0.146 e. The van der Waals surface area contributed by atoms with Crippen LogP contribution in [0.1, 0.15) is 11.1 Å². The second-order valence-corrected chi connectivity index (χ2v) is 5.08. The number of aliphatic hydroxyl groups is 1. The van der Waals surface area contributed by atoms with E-state index in [1.54, 1.807) is 6.20 Å². The van der Waals surface area contributed by atoms with Gasteiger partial charge in [0.05, 0.1) is 11.7 Å². The Kier molecular flexibility index (Phi) is 3.13. The predicted octanol–water partition coefficient (Wildman–Crippen LogP) is 2.11. The molecule has 0 amide bonds. The van der Waals surface area contributed by atoms with Crippen LogP contribution in [-0.2, 0) is 0 Å². The average molecular weight is 265 g/mol. The number of aliphatic hydroxyl groups excluding tert-OH is 1. The molecule has 0 bridgehead atoms. The van der Waals surface area contributed by atoms with Crippen LogP contribution < -0.4 is 4.90 Å². The number of aryl methyl sites for hydroxylation is 1. The molecule has 20 heavy (non-hydrogen) atoms. The molecular formula is C16H15N3O. The molecule has 3 rings (SSSR count). The Labute approximate surface area is 117 Å². The third-order valence-electron chi connectivity index (χ3n) is 3.60. The minimum Gasteiger partial charge on any atom is -0.389 e. The van der Waals surface area contributed by atoms with Crippen LogP contribution in [0.25, 0.3) is 11.1 Å². The summed E-state index contributed by atoms with van der Waals surface area (Å²) in [7, 11) is 0. The van der Waals surface area contributed by atoms with Crippen molar-refractivity contribution in [1.82, 2.24) is 4.98 Å². The maximum atomic E-state index is 9.36. The molecule has 1 aliphatic heterocycles. The summed E-state index contributed by atoms with van der Waals surface area (Å²) in [4.78, 5) is 6.34. The van der Waals surface area contributed by atoms with Gasteiger partial charge in [0.2, 0.25) is 0 Å². The van der Waals surface area contributed by atoms with Gasteiger partial charge in [0, 0.05) is 24.8 Å². The van der Waals surface area contributed by atoms with Crippen LogP contribution >= 0.6 is 0 Å². The smallest absolute Gasteiger partial charge is 0.146 e. The van der Waals surface area contributed by atoms with E-state index >= 15 is 0 Å². The zero-order chi connectivity index (χ0) is 14.1. The van der Waals surface area contributed by atoms with Gasteiger partial charge in [-0.15, -0.1) is 0 Å². The van der Waals surface area contributed by atoms with Crippen molar-refractivity contribution >= 4 is 5.82 Å². The summed E-state index contributed by atoms with van der Waals surface area (Å²) >= 11 is 0. The van der Waals surface area contributed by atoms with Crippen molar-refractivity contribution in [3.05, 3.63) is 47.7 Å². The number of hydrogen-bond donors (Lipinski definition) is 1. The molecule has 1 aromatic carbocycles. The molecule has 2 heterocycles. The van der Waals surface area contributed by atoms with Crippen molar-refractivity contribution in [1.29, 1.82) is 5.26 Å². The molecule has 4 heteroatoms. The minimum absolute atomic E-state index is 0.306. The number of anilines is 1. The highest BCUT2D eigenvalue weighted by molar-refractivity contribution is 5.71. The van der Waals surface area contributed by atoms with E-state index < -0.39 is 0 Å². The minimum atomic E-state index is -0.306. The van der Waals surface area contributed by atoms with Crippen molar-refractivity contribution in [2.24, 2.45) is 0 Å². The Morgan fingerprint density at radius 3 is 2.75 bits per heavy atom. The summed E-state index contributed by atoms with van der Waals surface area (Å²) in [6.45, 7) is 3.14. The topological polar surface area (TPSA) is 60.1 Å². The van der Waals surface area contributed by atoms with Crippen molar-refractivity contribution in [2.45, 2.75) is 13.0 Å². The molecule has 0 aliphatic carbocycles. The highest BCUT2D eigenvalue weighted by atomic mass is 16.3. The number of nitrogens with zero attached hydrogens (tertiary/aromatic N) is 3. The SMILES string of the molecule is Cc1ccccc1-c1cnc(N2CC(O)C2)c(C#N)c1. The molecule has 100 valence electrons. The van der Waals surface area contributed by atoms with Gasteiger partial charge in [-0.3, -0.25) is 0 Å². The predicted molar refractivity (Wildman–Crippen MR) is 77.3 cm³/mol. The molecular weight excluding hydrogens is 250 g/mol. The first-order valence-electron chi connectivity index (χ1n) is 6.58. The van der Waals surface area contributed by atoms with Crippen LogP contribution in [0.15, 0.2) is 36.5 Å². The number of aromatic nitrogens is 1. The Hall–Kier alpha value is -2.38. The summed E-state index contributed by atoms with van der Waals surface area (Å²) in [5, 5.41) is 18.7. The van der Waals surface area contributed by atoms with Gasteiger partial charge in [0.1, 0.15) is 11.9 Å². The van der Waals surface area contributed by atoms with Crippen LogP contribution in [0.5, 0.6) is 0 Å². The largest absolute Gasteiger partial charge is 0.389 e. The number of β-amino-alcohol motifs (C(OH)–C–C–N with tert-alkyl or cyclic N) is 1. The highest BCUT2D eigenvalue weighted by Crippen LogP contribution is 2.28. The molecule has 1 fully saturated rings. The lowest BCUT2D eigenvalue weighted by Crippen LogP contribution is -2.51. The fraction of sp³-hybridized carbons (Fsp3) is 0.250. The van der Waals surface area contributed by atoms with Crippen molar-refractivity contribution < 1.29 is 5.11 Å². The van der Waals surface area contributed by atoms with Gasteiger partial charge in [-0.1, -0.05) is 24.3 Å². The van der Waals surface area contributed by atoms with Crippen molar-refractivity contribution in [3.8, 4) is 17.2 Å². The van der Waals surface area contributed by atoms with E-state index in [0.717, 1.165) is 16.7 Å². The normalized spacial score (nSPS) is 14.8. The fourth-order valence-corrected chi connectivity index (χ4v) is 2.46. The summed E-state index contributed by atoms with van der Waals surface area (Å²) in [6, 6.07) is 12.1. The van der Waals surface area contributed by atoms with Crippen molar-refractivity contribution in [3.63, 3.8) is 0 Å². The Morgan fingerprint density at radius 1 is 1.35 bits per heavy atom. The first-order chi connectivity index (χ1) is 9.69. The van der Waals surface area contributed by atoms with E-state index in [1.165, 1.54) is 0 Å². The van der Waals surface area contributed by atoms with Gasteiger partial charge >= 0.3 is 0 Å². The lowest BCUT2D eigenvalue weighted by atomic mass is 10.0. The molecule has 1 aromatic heterocycles. The number of rotatable bonds is 2. The van der Waals surface area contributed by atoms with Gasteiger partial charge in [-0.25, -0.2) is 4.98 Å². The third kappa shape index (κ3) is 2.13. The number of pyridine rings is 1. The highest BCUT2D eigenvalue weighted by Gasteiger charge is 2.27. The van der Waals surface area contributed by atoms with Crippen LogP contribution in [0, 0.1) is 18.3 Å². The van der Waals surface area contributed by atoms with E-state index in [4.69, 9.17) is 0 Å². The lowest BCUT2D eigenvalue weighted by Gasteiger charge is -2.37. The second kappa shape index (κ2) is 4.95. The Morgan fingerprint density at radius 2 is 2.10 bits per heavy atom. The maximum absolute atomic E-state index is 9.36. The van der Waals surface area contributed by atoms with E-state index in [9.17, 15) is 10.4 Å². The summed E-state index contributed by atoms with van der Waals surface area (Å²) in [5.41, 5.74) is 3.75. The number of nitriles is 1. The molecule has 1 aliphatic rings. The molecule has 2 aromatic rings. The zero-order valence-corrected chi connectivity index (χ0v) is 11.2. The molecule has 0 saturated carbocycles. The quantitative estimate of drug-likeness (QED) is 0.903. The third-order valence-corrected chi connectivity index (χ3v) is 3.60. The number of benzene rings is 1. The first kappa shape index (κ1) is 12.6. The van der Waals surface area contributed by atoms with Crippen LogP contribution in [-0.4, -0.2) is 29.3 Å². The molecule has 1 saturated heterocycles. The second-order valence-electron chi connectivity index (χ2n) is 5.08. The van der Waals surface area contributed by atoms with E-state index in [2.05, 4.69) is 11.1 Å². The summed E-state index contributed by atoms with van der Waals surface area (Å²) in [6.07, 6.45) is 1.49. The molecule has 4 nitrogen and oxygen atoms in total. The van der Waals surface area contributed by atoms with Crippen LogP contribution in [0.4, 0.5) is 5.82 Å². The number of hydrogen-bond acceptors (Lipinski definition) is 4. The Balaban J connectivity index is 2.00. The molecule has 0 unspecified atom stereocenters. The van der Waals surface area contributed by atoms with Gasteiger partial charge in [0.15, 0.2) is 0 Å². The first-order valence-corrected chi connectivity index (χ1v) is 6.58. The fourth-order valence-electron chi connectivity index (χ4n) is 2.46. The monoisotopic (exact) mass is 265 g/mol. The van der Waals surface area contributed by atoms with E-state index in [1.807, 2.05) is 42.2 Å². The molecule has 0 spiro atoms. The summed E-state index contributed by atoms with van der Waals surface area (Å²) < 4.78 is 0. The lowest BCUT2D eigenvalue weighted by molar-refractivity contribution is 0.141. The van der Waals surface area contributed by atoms with Crippen LogP contribution in [0.2, 0.25) is 0 Å². The summed E-state index contributed by atoms with van der Waals surface area (Å²) in [5.74, 6) is 0.662. The van der Waals surface area contributed by atoms with E-state index in [0.29, 0.717) is 24.5 Å². The van der Waals surface area contributed by atoms with Gasteiger partial charge < -0.3 is 10.0 Å². The van der Waals surface area contributed by atoms with Gasteiger partial charge in [-0.05, 0) is 24.1 Å². The van der Waals surface area contributed by atoms with E-state index in [-0.39, 0.29) is 6.10 Å². The van der Waals surface area contributed by atoms with Gasteiger partial charge in [0.25, 0.3) is 0 Å². The van der Waals surface area contributed by atoms with Gasteiger partial charge in [-0.2, -0.15) is 5.26 Å². The van der Waals surface area contributed by atoms with Crippen LogP contribution in [0.3, 0.4) is 0 Å².